The zero-order valence-corrected chi connectivity index (χ0v) is 14.4. The van der Waals surface area contributed by atoms with Crippen molar-refractivity contribution in [3.8, 4) is 0 Å². The topological polar surface area (TPSA) is 0 Å². The average molecular weight is 385 g/mol. The van der Waals surface area contributed by atoms with E-state index in [0.717, 1.165) is 5.56 Å². The van der Waals surface area contributed by atoms with Crippen LogP contribution in [-0.4, -0.2) is 0 Å². The molecule has 2 heteroatoms. The summed E-state index contributed by atoms with van der Waals surface area (Å²) in [6, 6.07) is 15.0. The third-order valence-corrected chi connectivity index (χ3v) is 5.35. The highest BCUT2D eigenvalue weighted by Crippen LogP contribution is 2.33. The predicted molar refractivity (Wildman–Crippen MR) is 92.1 cm³/mol. The van der Waals surface area contributed by atoms with Gasteiger partial charge in [-0.1, -0.05) is 56.3 Å². The van der Waals surface area contributed by atoms with Crippen molar-refractivity contribution in [2.45, 2.75) is 32.1 Å². The van der Waals surface area contributed by atoms with E-state index in [0.29, 0.717) is 5.92 Å². The molecule has 2 aromatic rings. The first-order valence-corrected chi connectivity index (χ1v) is 8.01. The van der Waals surface area contributed by atoms with Gasteiger partial charge < -0.3 is 0 Å². The van der Waals surface area contributed by atoms with Crippen molar-refractivity contribution in [2.75, 3.05) is 0 Å². The van der Waals surface area contributed by atoms with Crippen LogP contribution in [0.2, 0.25) is 0 Å². The molecule has 0 radical (unpaired) electrons. The highest BCUT2D eigenvalue weighted by atomic mass is 127. The Morgan fingerprint density at radius 1 is 0.947 bits per heavy atom. The van der Waals surface area contributed by atoms with Gasteiger partial charge in [-0.2, -0.15) is 0 Å². The molecule has 19 heavy (non-hydrogen) atoms. The average Bonchev–Trinajstić information content (AvgIpc) is 2.41. The Balaban J connectivity index is 2.33. The van der Waals surface area contributed by atoms with E-state index in [2.05, 4.69) is 85.8 Å². The molecule has 0 N–H and O–H groups in total. The Morgan fingerprint density at radius 3 is 2.11 bits per heavy atom. The lowest BCUT2D eigenvalue weighted by atomic mass is 9.98. The second-order valence-corrected chi connectivity index (χ2v) is 6.68. The minimum Gasteiger partial charge on any atom is -0.113 e. The summed E-state index contributed by atoms with van der Waals surface area (Å²) in [5, 5.41) is -0.0759. The van der Waals surface area contributed by atoms with Gasteiger partial charge in [0.2, 0.25) is 0 Å². The van der Waals surface area contributed by atoms with Crippen LogP contribution in [-0.2, 0) is 0 Å². The molecule has 0 heterocycles. The van der Waals surface area contributed by atoms with Gasteiger partial charge >= 0.3 is 0 Å². The highest BCUT2D eigenvalue weighted by molar-refractivity contribution is 14.1. The highest BCUT2D eigenvalue weighted by Gasteiger charge is 2.15. The molecule has 2 rings (SSSR count). The molecular weight excluding hydrogens is 367 g/mol. The lowest BCUT2D eigenvalue weighted by molar-refractivity contribution is 0.865. The number of alkyl halides is 1. The molecule has 0 aromatic heterocycles. The van der Waals surface area contributed by atoms with E-state index in [9.17, 15) is 0 Å². The fourth-order valence-corrected chi connectivity index (χ4v) is 3.28. The maximum atomic E-state index is 6.64. The molecule has 0 amide bonds. The summed E-state index contributed by atoms with van der Waals surface area (Å²) in [5.74, 6) is 0.557. The smallest absolute Gasteiger partial charge is 0.0845 e. The number of hydrogen-bond acceptors (Lipinski definition) is 0. The van der Waals surface area contributed by atoms with Gasteiger partial charge in [0.05, 0.1) is 5.38 Å². The Kier molecular flexibility index (Phi) is 4.91. The molecule has 0 aliphatic carbocycles. The summed E-state index contributed by atoms with van der Waals surface area (Å²) < 4.78 is 1.26. The van der Waals surface area contributed by atoms with Crippen molar-refractivity contribution in [1.29, 1.82) is 0 Å². The molecule has 0 saturated heterocycles. The first-order chi connectivity index (χ1) is 9.00. The number of halogens is 2. The van der Waals surface area contributed by atoms with Crippen molar-refractivity contribution >= 4 is 34.2 Å². The van der Waals surface area contributed by atoms with Gasteiger partial charge in [-0.3, -0.25) is 0 Å². The molecule has 0 saturated carbocycles. The minimum absolute atomic E-state index is 0.0759. The van der Waals surface area contributed by atoms with Crippen molar-refractivity contribution in [2.24, 2.45) is 0 Å². The van der Waals surface area contributed by atoms with Crippen LogP contribution < -0.4 is 0 Å². The zero-order chi connectivity index (χ0) is 14.0. The lowest BCUT2D eigenvalue weighted by Gasteiger charge is -2.15. The zero-order valence-electron chi connectivity index (χ0n) is 11.5. The largest absolute Gasteiger partial charge is 0.113 e. The molecule has 0 aliphatic rings. The third kappa shape index (κ3) is 3.32. The molecule has 100 valence electrons. The van der Waals surface area contributed by atoms with Crippen LogP contribution in [0.3, 0.4) is 0 Å². The van der Waals surface area contributed by atoms with Crippen LogP contribution >= 0.6 is 34.2 Å². The van der Waals surface area contributed by atoms with Crippen molar-refractivity contribution < 1.29 is 0 Å². The Labute approximate surface area is 134 Å². The Morgan fingerprint density at radius 2 is 1.53 bits per heavy atom. The van der Waals surface area contributed by atoms with Crippen LogP contribution in [0.25, 0.3) is 0 Å². The molecule has 0 bridgehead atoms. The van der Waals surface area contributed by atoms with E-state index < -0.39 is 0 Å². The lowest BCUT2D eigenvalue weighted by Crippen LogP contribution is -1.98. The quantitative estimate of drug-likeness (QED) is 0.446. The summed E-state index contributed by atoms with van der Waals surface area (Å²) in [5.41, 5.74) is 4.99. The number of rotatable bonds is 3. The summed E-state index contributed by atoms with van der Waals surface area (Å²) in [6.07, 6.45) is 0. The molecule has 2 aromatic carbocycles. The van der Waals surface area contributed by atoms with Gasteiger partial charge in [0.15, 0.2) is 0 Å². The fourth-order valence-electron chi connectivity index (χ4n) is 2.10. The SMILES string of the molecule is Cc1cccc(C(Cl)c2ccc(C(C)C)cc2)c1I. The third-order valence-electron chi connectivity index (χ3n) is 3.39. The molecule has 1 atom stereocenters. The second kappa shape index (κ2) is 6.27. The summed E-state index contributed by atoms with van der Waals surface area (Å²) in [4.78, 5) is 0. The van der Waals surface area contributed by atoms with Gasteiger partial charge in [-0.05, 0) is 57.7 Å². The number of benzene rings is 2. The molecule has 0 spiro atoms. The van der Waals surface area contributed by atoms with Crippen molar-refractivity contribution in [3.05, 3.63) is 68.3 Å². The summed E-state index contributed by atoms with van der Waals surface area (Å²) in [7, 11) is 0. The van der Waals surface area contributed by atoms with Crippen LogP contribution in [0.1, 0.15) is 47.4 Å². The first kappa shape index (κ1) is 14.9. The number of aryl methyl sites for hydroxylation is 1. The second-order valence-electron chi connectivity index (χ2n) is 5.16. The van der Waals surface area contributed by atoms with E-state index in [4.69, 9.17) is 11.6 Å². The Hall–Kier alpha value is -0.540. The van der Waals surface area contributed by atoms with Gasteiger partial charge in [0.1, 0.15) is 0 Å². The Bertz CT molecular complexity index is 558. The van der Waals surface area contributed by atoms with Crippen LogP contribution in [0.4, 0.5) is 0 Å². The molecule has 0 aliphatic heterocycles. The van der Waals surface area contributed by atoms with Gasteiger partial charge in [0, 0.05) is 3.57 Å². The van der Waals surface area contributed by atoms with E-state index in [1.165, 1.54) is 20.3 Å². The summed E-state index contributed by atoms with van der Waals surface area (Å²) in [6.45, 7) is 6.53. The van der Waals surface area contributed by atoms with E-state index in [1.807, 2.05) is 0 Å². The monoisotopic (exact) mass is 384 g/mol. The molecular formula is C17H18ClI. The molecule has 1 unspecified atom stereocenters. The van der Waals surface area contributed by atoms with E-state index in [-0.39, 0.29) is 5.38 Å². The summed E-state index contributed by atoms with van der Waals surface area (Å²) >= 11 is 9.02. The molecule has 0 fully saturated rings. The first-order valence-electron chi connectivity index (χ1n) is 6.49. The van der Waals surface area contributed by atoms with Gasteiger partial charge in [-0.15, -0.1) is 11.6 Å². The van der Waals surface area contributed by atoms with E-state index >= 15 is 0 Å². The maximum Gasteiger partial charge on any atom is 0.0845 e. The minimum atomic E-state index is -0.0759. The van der Waals surface area contributed by atoms with Gasteiger partial charge in [-0.25, -0.2) is 0 Å². The normalized spacial score (nSPS) is 12.7. The number of hydrogen-bond donors (Lipinski definition) is 0. The fraction of sp³-hybridized carbons (Fsp3) is 0.294. The molecule has 0 nitrogen and oxygen atoms in total. The van der Waals surface area contributed by atoms with Crippen LogP contribution in [0.5, 0.6) is 0 Å². The maximum absolute atomic E-state index is 6.64. The van der Waals surface area contributed by atoms with Crippen LogP contribution in [0, 0.1) is 10.5 Å². The van der Waals surface area contributed by atoms with Crippen LogP contribution in [0.15, 0.2) is 42.5 Å². The van der Waals surface area contributed by atoms with E-state index in [1.54, 1.807) is 0 Å². The van der Waals surface area contributed by atoms with Gasteiger partial charge in [0.25, 0.3) is 0 Å². The predicted octanol–water partition coefficient (Wildman–Crippen LogP) is 6.05. The van der Waals surface area contributed by atoms with Crippen molar-refractivity contribution in [3.63, 3.8) is 0 Å². The standard InChI is InChI=1S/C17H18ClI/c1-11(2)13-7-9-14(10-8-13)16(18)15-6-4-5-12(3)17(15)19/h4-11,16H,1-3H3. The van der Waals surface area contributed by atoms with Crippen molar-refractivity contribution in [1.82, 2.24) is 0 Å².